The van der Waals surface area contributed by atoms with E-state index < -0.39 is 0 Å². The van der Waals surface area contributed by atoms with Gasteiger partial charge in [-0.25, -0.2) is 0 Å². The van der Waals surface area contributed by atoms with E-state index in [2.05, 4.69) is 139 Å². The van der Waals surface area contributed by atoms with Crippen molar-refractivity contribution in [3.8, 4) is 0 Å². The molecule has 1 aliphatic rings. The first-order valence-electron chi connectivity index (χ1n) is 16.2. The molecule has 0 aliphatic heterocycles. The van der Waals surface area contributed by atoms with Crippen molar-refractivity contribution in [2.24, 2.45) is 0 Å². The molecule has 4 nitrogen and oxygen atoms in total. The molecule has 0 saturated heterocycles. The molecule has 1 fully saturated rings. The van der Waals surface area contributed by atoms with E-state index in [0.29, 0.717) is 12.1 Å². The fraction of sp³-hybridized carbons (Fsp3) is 0.487. The van der Waals surface area contributed by atoms with E-state index in [-0.39, 0.29) is 10.8 Å². The predicted octanol–water partition coefficient (Wildman–Crippen LogP) is 9.29. The highest BCUT2D eigenvalue weighted by molar-refractivity contribution is 5.91. The van der Waals surface area contributed by atoms with Crippen LogP contribution in [-0.4, -0.2) is 34.0 Å². The number of hydrogen-bond donors (Lipinski definition) is 0. The van der Waals surface area contributed by atoms with Crippen molar-refractivity contribution in [3.05, 3.63) is 101 Å². The first-order valence-corrected chi connectivity index (χ1v) is 16.2. The quantitative estimate of drug-likeness (QED) is 0.219. The van der Waals surface area contributed by atoms with Crippen LogP contribution in [0.1, 0.15) is 101 Å². The molecule has 5 rings (SSSR count). The second-order valence-corrected chi connectivity index (χ2v) is 14.9. The summed E-state index contributed by atoms with van der Waals surface area (Å²) in [7, 11) is 2.29. The number of aryl methyl sites for hydroxylation is 2. The van der Waals surface area contributed by atoms with Gasteiger partial charge < -0.3 is 4.90 Å². The summed E-state index contributed by atoms with van der Waals surface area (Å²) < 4.78 is 0. The Morgan fingerprint density at radius 1 is 0.698 bits per heavy atom. The molecular formula is C39H52N4. The van der Waals surface area contributed by atoms with Crippen molar-refractivity contribution in [3.63, 3.8) is 0 Å². The maximum absolute atomic E-state index is 5.01. The highest BCUT2D eigenvalue weighted by atomic mass is 15.2. The van der Waals surface area contributed by atoms with Crippen molar-refractivity contribution < 1.29 is 0 Å². The summed E-state index contributed by atoms with van der Waals surface area (Å²) >= 11 is 0. The highest BCUT2D eigenvalue weighted by Gasteiger charge is 2.34. The van der Waals surface area contributed by atoms with Crippen molar-refractivity contribution in [1.29, 1.82) is 0 Å². The number of fused-ring (bicyclic) bond motifs is 1. The van der Waals surface area contributed by atoms with Gasteiger partial charge >= 0.3 is 0 Å². The molecule has 2 atom stereocenters. The van der Waals surface area contributed by atoms with Gasteiger partial charge in [0.05, 0.1) is 16.9 Å². The lowest BCUT2D eigenvalue weighted by atomic mass is 9.79. The number of para-hydroxylation sites is 1. The summed E-state index contributed by atoms with van der Waals surface area (Å²) in [5.41, 5.74) is 10.0. The number of anilines is 1. The normalized spacial score (nSPS) is 17.9. The largest absolute Gasteiger partial charge is 0.368 e. The first-order chi connectivity index (χ1) is 20.3. The van der Waals surface area contributed by atoms with Crippen LogP contribution in [0.15, 0.2) is 66.7 Å². The standard InChI is InChI=1S/C39H52N4/c1-27-14-12-16-33(40-27)26-43(25-29-22-31(38(3,4)5)24-32(23-29)39(6,7)8)35-18-11-10-17-34(35)42(9)36-19-13-15-30-21-20-28(2)41-37(30)36/h12-16,19-24,34-35H,10-11,17-18,25-26H2,1-9H3/t34-,35-/m0/s1. The molecule has 4 heteroatoms. The first kappa shape index (κ1) is 31.2. The fourth-order valence-electron chi connectivity index (χ4n) is 6.73. The number of benzene rings is 2. The third-order valence-electron chi connectivity index (χ3n) is 9.30. The topological polar surface area (TPSA) is 32.3 Å². The average molecular weight is 577 g/mol. The molecule has 0 amide bonds. The zero-order valence-corrected chi connectivity index (χ0v) is 28.0. The zero-order chi connectivity index (χ0) is 30.9. The third-order valence-corrected chi connectivity index (χ3v) is 9.30. The van der Waals surface area contributed by atoms with E-state index in [9.17, 15) is 0 Å². The molecule has 2 aromatic heterocycles. The Labute approximate surface area is 260 Å². The van der Waals surface area contributed by atoms with Gasteiger partial charge in [0.2, 0.25) is 0 Å². The van der Waals surface area contributed by atoms with Gasteiger partial charge in [-0.3, -0.25) is 14.9 Å². The van der Waals surface area contributed by atoms with Gasteiger partial charge in [-0.05, 0) is 78.5 Å². The number of hydrogen-bond acceptors (Lipinski definition) is 4. The molecule has 2 heterocycles. The average Bonchev–Trinajstić information content (AvgIpc) is 2.95. The molecule has 0 radical (unpaired) electrons. The summed E-state index contributed by atoms with van der Waals surface area (Å²) in [5, 5.41) is 1.21. The molecule has 4 aromatic rings. The van der Waals surface area contributed by atoms with Crippen LogP contribution in [0.5, 0.6) is 0 Å². The van der Waals surface area contributed by atoms with Crippen molar-refractivity contribution in [2.75, 3.05) is 11.9 Å². The molecule has 2 aromatic carbocycles. The van der Waals surface area contributed by atoms with Gasteiger partial charge in [-0.1, -0.05) is 96.8 Å². The van der Waals surface area contributed by atoms with Gasteiger partial charge in [-0.15, -0.1) is 0 Å². The summed E-state index contributed by atoms with van der Waals surface area (Å²) in [5.74, 6) is 0. The molecule has 0 N–H and O–H groups in total. The van der Waals surface area contributed by atoms with E-state index in [1.807, 2.05) is 0 Å². The van der Waals surface area contributed by atoms with Crippen LogP contribution in [0.25, 0.3) is 10.9 Å². The van der Waals surface area contributed by atoms with Gasteiger partial charge in [0.1, 0.15) is 0 Å². The van der Waals surface area contributed by atoms with Gasteiger partial charge in [0.25, 0.3) is 0 Å². The molecule has 228 valence electrons. The minimum Gasteiger partial charge on any atom is -0.368 e. The van der Waals surface area contributed by atoms with Crippen LogP contribution in [0.2, 0.25) is 0 Å². The Bertz CT molecular complexity index is 1530. The van der Waals surface area contributed by atoms with Gasteiger partial charge in [-0.2, -0.15) is 0 Å². The van der Waals surface area contributed by atoms with Crippen LogP contribution in [0, 0.1) is 13.8 Å². The second kappa shape index (κ2) is 12.4. The Morgan fingerprint density at radius 2 is 1.33 bits per heavy atom. The zero-order valence-electron chi connectivity index (χ0n) is 28.0. The molecule has 43 heavy (non-hydrogen) atoms. The molecule has 0 unspecified atom stereocenters. The highest BCUT2D eigenvalue weighted by Crippen LogP contribution is 2.36. The van der Waals surface area contributed by atoms with E-state index in [1.54, 1.807) is 0 Å². The number of pyridine rings is 2. The number of likely N-dealkylation sites (N-methyl/N-ethyl adjacent to an activating group) is 1. The molecule has 0 bridgehead atoms. The summed E-state index contributed by atoms with van der Waals surface area (Å²) in [6, 6.07) is 25.6. The summed E-state index contributed by atoms with van der Waals surface area (Å²) in [6.07, 6.45) is 4.88. The van der Waals surface area contributed by atoms with E-state index >= 15 is 0 Å². The van der Waals surface area contributed by atoms with E-state index in [4.69, 9.17) is 9.97 Å². The van der Waals surface area contributed by atoms with E-state index in [0.717, 1.165) is 35.7 Å². The number of rotatable bonds is 7. The lowest BCUT2D eigenvalue weighted by molar-refractivity contribution is 0.118. The number of nitrogens with zero attached hydrogens (tertiary/aromatic N) is 4. The molecular weight excluding hydrogens is 524 g/mol. The van der Waals surface area contributed by atoms with Crippen LogP contribution in [-0.2, 0) is 23.9 Å². The van der Waals surface area contributed by atoms with Crippen LogP contribution >= 0.6 is 0 Å². The fourth-order valence-corrected chi connectivity index (χ4v) is 6.73. The van der Waals surface area contributed by atoms with Crippen molar-refractivity contribution >= 4 is 16.6 Å². The lowest BCUT2D eigenvalue weighted by Gasteiger charge is -2.45. The Hall–Kier alpha value is -3.24. The van der Waals surface area contributed by atoms with Crippen molar-refractivity contribution in [2.45, 2.75) is 117 Å². The van der Waals surface area contributed by atoms with Crippen molar-refractivity contribution in [1.82, 2.24) is 14.9 Å². The van der Waals surface area contributed by atoms with Crippen LogP contribution in [0.3, 0.4) is 0 Å². The minimum atomic E-state index is 0.0893. The van der Waals surface area contributed by atoms with Gasteiger partial charge in [0.15, 0.2) is 0 Å². The monoisotopic (exact) mass is 576 g/mol. The Kier molecular flexibility index (Phi) is 9.00. The van der Waals surface area contributed by atoms with Crippen LogP contribution in [0.4, 0.5) is 5.69 Å². The maximum atomic E-state index is 5.01. The molecule has 1 aliphatic carbocycles. The van der Waals surface area contributed by atoms with Gasteiger partial charge in [0, 0.05) is 49.0 Å². The lowest BCUT2D eigenvalue weighted by Crippen LogP contribution is -2.52. The minimum absolute atomic E-state index is 0.0893. The Balaban J connectivity index is 1.57. The second-order valence-electron chi connectivity index (χ2n) is 14.9. The van der Waals surface area contributed by atoms with E-state index in [1.165, 1.54) is 53.4 Å². The third kappa shape index (κ3) is 7.29. The van der Waals surface area contributed by atoms with Crippen LogP contribution < -0.4 is 4.90 Å². The summed E-state index contributed by atoms with van der Waals surface area (Å²) in [4.78, 5) is 15.3. The summed E-state index contributed by atoms with van der Waals surface area (Å²) in [6.45, 7) is 19.9. The number of aromatic nitrogens is 2. The predicted molar refractivity (Wildman–Crippen MR) is 183 cm³/mol. The smallest absolute Gasteiger partial charge is 0.0938 e. The maximum Gasteiger partial charge on any atom is 0.0938 e. The molecule has 1 saturated carbocycles. The SMILES string of the molecule is Cc1cccc(CN(Cc2cc(C(C)(C)C)cc(C(C)(C)C)c2)[C@H]2CCCC[C@@H]2N(C)c2cccc3ccc(C)nc23)n1. The Morgan fingerprint density at radius 3 is 1.98 bits per heavy atom. The molecule has 0 spiro atoms.